The number of esters is 1. The molecule has 0 N–H and O–H groups in total. The van der Waals surface area contributed by atoms with Crippen LogP contribution in [0.25, 0.3) is 11.6 Å². The highest BCUT2D eigenvalue weighted by atomic mass is 32.1. The molecule has 0 radical (unpaired) electrons. The Bertz CT molecular complexity index is 650. The van der Waals surface area contributed by atoms with Gasteiger partial charge in [-0.1, -0.05) is 30.3 Å². The first-order valence-electron chi connectivity index (χ1n) is 5.60. The molecule has 1 aromatic heterocycles. The summed E-state index contributed by atoms with van der Waals surface area (Å²) in [4.78, 5) is 13.3. The van der Waals surface area contributed by atoms with E-state index >= 15 is 0 Å². The van der Waals surface area contributed by atoms with Crippen LogP contribution in [0.4, 0.5) is 0 Å². The van der Waals surface area contributed by atoms with Gasteiger partial charge in [-0.15, -0.1) is 11.3 Å². The molecule has 0 saturated heterocycles. The van der Waals surface area contributed by atoms with Crippen molar-refractivity contribution in [3.8, 4) is 6.07 Å². The number of ether oxygens (including phenoxy) is 1. The van der Waals surface area contributed by atoms with E-state index in [1.807, 2.05) is 36.4 Å². The van der Waals surface area contributed by atoms with Crippen LogP contribution in [0.15, 0.2) is 42.5 Å². The highest BCUT2D eigenvalue weighted by molar-refractivity contribution is 7.13. The predicted molar refractivity (Wildman–Crippen MR) is 75.4 cm³/mol. The largest absolute Gasteiger partial charge is 0.465 e. The second kappa shape index (κ2) is 5.98. The molecule has 0 bridgehead atoms. The molecule has 3 nitrogen and oxygen atoms in total. The van der Waals surface area contributed by atoms with Crippen LogP contribution in [0, 0.1) is 11.3 Å². The summed E-state index contributed by atoms with van der Waals surface area (Å²) in [6.07, 6.45) is 1.74. The molecule has 0 aliphatic rings. The van der Waals surface area contributed by atoms with E-state index in [9.17, 15) is 4.79 Å². The van der Waals surface area contributed by atoms with E-state index in [1.54, 1.807) is 12.1 Å². The third kappa shape index (κ3) is 3.09. The summed E-state index contributed by atoms with van der Waals surface area (Å²) in [7, 11) is 1.36. The minimum atomic E-state index is -0.391. The molecule has 4 heteroatoms. The number of hydrogen-bond acceptors (Lipinski definition) is 4. The average molecular weight is 269 g/mol. The lowest BCUT2D eigenvalue weighted by molar-refractivity contribution is -0.133. The average Bonchev–Trinajstić information content (AvgIpc) is 2.92. The number of methoxy groups -OCH3 is 1. The quantitative estimate of drug-likeness (QED) is 0.634. The molecule has 0 spiro atoms. The molecular weight excluding hydrogens is 258 g/mol. The third-order valence-electron chi connectivity index (χ3n) is 2.51. The van der Waals surface area contributed by atoms with E-state index in [1.165, 1.54) is 18.4 Å². The lowest BCUT2D eigenvalue weighted by atomic mass is 10.1. The maximum Gasteiger partial charge on any atom is 0.338 e. The summed E-state index contributed by atoms with van der Waals surface area (Å²) in [5.74, 6) is -0.391. The minimum Gasteiger partial charge on any atom is -0.465 e. The minimum absolute atomic E-state index is 0.391. The fourth-order valence-electron chi connectivity index (χ4n) is 1.62. The number of carbonyl (C=O) groups excluding carboxylic acids is 1. The van der Waals surface area contributed by atoms with Gasteiger partial charge in [0, 0.05) is 4.88 Å². The van der Waals surface area contributed by atoms with Crippen molar-refractivity contribution >= 4 is 29.0 Å². The standard InChI is InChI=1S/C15H11NO2S/c1-18-15(17)14(11-5-3-2-4-6-11)9-12-7-8-13(10-16)19-12/h2-9H,1H3/b14-9+. The van der Waals surface area contributed by atoms with Crippen LogP contribution in [0.5, 0.6) is 0 Å². The van der Waals surface area contributed by atoms with E-state index < -0.39 is 5.97 Å². The van der Waals surface area contributed by atoms with Gasteiger partial charge in [-0.25, -0.2) is 4.79 Å². The molecule has 0 fully saturated rings. The Morgan fingerprint density at radius 1 is 1.26 bits per heavy atom. The monoisotopic (exact) mass is 269 g/mol. The zero-order valence-electron chi connectivity index (χ0n) is 10.3. The van der Waals surface area contributed by atoms with Crippen molar-refractivity contribution < 1.29 is 9.53 Å². The van der Waals surface area contributed by atoms with Crippen molar-refractivity contribution in [1.29, 1.82) is 5.26 Å². The lowest BCUT2D eigenvalue weighted by Gasteiger charge is -2.04. The SMILES string of the molecule is COC(=O)/C(=C/c1ccc(C#N)s1)c1ccccc1. The molecule has 19 heavy (non-hydrogen) atoms. The molecule has 1 aromatic carbocycles. The van der Waals surface area contributed by atoms with E-state index in [0.29, 0.717) is 10.5 Å². The summed E-state index contributed by atoms with van der Waals surface area (Å²) < 4.78 is 4.80. The first kappa shape index (κ1) is 13.1. The van der Waals surface area contributed by atoms with Gasteiger partial charge in [0.2, 0.25) is 0 Å². The predicted octanol–water partition coefficient (Wildman–Crippen LogP) is 3.33. The lowest BCUT2D eigenvalue weighted by Crippen LogP contribution is -2.03. The van der Waals surface area contributed by atoms with Gasteiger partial charge >= 0.3 is 5.97 Å². The van der Waals surface area contributed by atoms with Crippen molar-refractivity contribution in [2.45, 2.75) is 0 Å². The van der Waals surface area contributed by atoms with Crippen molar-refractivity contribution in [2.24, 2.45) is 0 Å². The van der Waals surface area contributed by atoms with Gasteiger partial charge in [0.05, 0.1) is 12.7 Å². The van der Waals surface area contributed by atoms with Crippen LogP contribution in [0.1, 0.15) is 15.3 Å². The van der Waals surface area contributed by atoms with Gasteiger partial charge in [0.1, 0.15) is 10.9 Å². The number of carbonyl (C=O) groups is 1. The highest BCUT2D eigenvalue weighted by Crippen LogP contribution is 2.24. The van der Waals surface area contributed by atoms with E-state index in [-0.39, 0.29) is 0 Å². The van der Waals surface area contributed by atoms with Gasteiger partial charge in [0.25, 0.3) is 0 Å². The Balaban J connectivity index is 2.44. The topological polar surface area (TPSA) is 50.1 Å². The van der Waals surface area contributed by atoms with E-state index in [4.69, 9.17) is 10.00 Å². The van der Waals surface area contributed by atoms with Gasteiger partial charge < -0.3 is 4.74 Å². The van der Waals surface area contributed by atoms with Crippen molar-refractivity contribution in [3.05, 3.63) is 57.8 Å². The molecule has 0 aliphatic heterocycles. The molecule has 0 atom stereocenters. The maximum absolute atomic E-state index is 11.8. The molecule has 1 heterocycles. The van der Waals surface area contributed by atoms with Crippen molar-refractivity contribution in [3.63, 3.8) is 0 Å². The van der Waals surface area contributed by atoms with Crippen LogP contribution < -0.4 is 0 Å². The van der Waals surface area contributed by atoms with Crippen molar-refractivity contribution in [1.82, 2.24) is 0 Å². The van der Waals surface area contributed by atoms with Gasteiger partial charge in [0.15, 0.2) is 0 Å². The van der Waals surface area contributed by atoms with E-state index in [0.717, 1.165) is 10.4 Å². The van der Waals surface area contributed by atoms with Gasteiger partial charge in [-0.2, -0.15) is 5.26 Å². The van der Waals surface area contributed by atoms with Crippen LogP contribution >= 0.6 is 11.3 Å². The number of thiophene rings is 1. The number of rotatable bonds is 3. The number of hydrogen-bond donors (Lipinski definition) is 0. The normalized spacial score (nSPS) is 10.8. The molecule has 2 rings (SSSR count). The van der Waals surface area contributed by atoms with E-state index in [2.05, 4.69) is 6.07 Å². The van der Waals surface area contributed by atoms with Crippen LogP contribution in [-0.4, -0.2) is 13.1 Å². The smallest absolute Gasteiger partial charge is 0.338 e. The maximum atomic E-state index is 11.8. The summed E-state index contributed by atoms with van der Waals surface area (Å²) in [5, 5.41) is 8.81. The molecule has 0 aliphatic carbocycles. The fourth-order valence-corrected chi connectivity index (χ4v) is 2.37. The van der Waals surface area contributed by atoms with Gasteiger partial charge in [-0.05, 0) is 23.8 Å². The molecule has 94 valence electrons. The van der Waals surface area contributed by atoms with Crippen LogP contribution in [0.3, 0.4) is 0 Å². The molecule has 0 amide bonds. The second-order valence-electron chi connectivity index (χ2n) is 3.73. The summed E-state index contributed by atoms with van der Waals surface area (Å²) in [6, 6.07) is 14.9. The zero-order valence-corrected chi connectivity index (χ0v) is 11.1. The van der Waals surface area contributed by atoms with Gasteiger partial charge in [-0.3, -0.25) is 0 Å². The third-order valence-corrected chi connectivity index (χ3v) is 3.45. The Morgan fingerprint density at radius 3 is 2.58 bits per heavy atom. The summed E-state index contributed by atoms with van der Waals surface area (Å²) in [5.41, 5.74) is 1.27. The van der Waals surface area contributed by atoms with Crippen molar-refractivity contribution in [2.75, 3.05) is 7.11 Å². The zero-order chi connectivity index (χ0) is 13.7. The molecule has 2 aromatic rings. The Kier molecular flexibility index (Phi) is 4.11. The Hall–Kier alpha value is -2.38. The van der Waals surface area contributed by atoms with Crippen LogP contribution in [-0.2, 0) is 9.53 Å². The Morgan fingerprint density at radius 2 is 2.00 bits per heavy atom. The highest BCUT2D eigenvalue weighted by Gasteiger charge is 2.12. The number of nitriles is 1. The molecular formula is C15H11NO2S. The number of benzene rings is 1. The second-order valence-corrected chi connectivity index (χ2v) is 4.84. The first-order chi connectivity index (χ1) is 9.24. The fraction of sp³-hybridized carbons (Fsp3) is 0.0667. The van der Waals surface area contributed by atoms with Crippen LogP contribution in [0.2, 0.25) is 0 Å². The summed E-state index contributed by atoms with van der Waals surface area (Å²) >= 11 is 1.34. The molecule has 0 saturated carbocycles. The Labute approximate surface area is 115 Å². The summed E-state index contributed by atoms with van der Waals surface area (Å²) in [6.45, 7) is 0. The molecule has 0 unspecified atom stereocenters. The number of nitrogens with zero attached hydrogens (tertiary/aromatic N) is 1. The first-order valence-corrected chi connectivity index (χ1v) is 6.41.